The van der Waals surface area contributed by atoms with Gasteiger partial charge in [-0.2, -0.15) is 0 Å². The van der Waals surface area contributed by atoms with E-state index in [1.807, 2.05) is 0 Å². The van der Waals surface area contributed by atoms with E-state index in [1.165, 1.54) is 27.7 Å². The number of hydrogen-bond donors (Lipinski definition) is 13. The van der Waals surface area contributed by atoms with Crippen molar-refractivity contribution in [1.29, 1.82) is 0 Å². The van der Waals surface area contributed by atoms with Crippen molar-refractivity contribution in [2.45, 2.75) is 134 Å². The molecule has 72 heavy (non-hydrogen) atoms. The van der Waals surface area contributed by atoms with Gasteiger partial charge in [0.25, 0.3) is 0 Å². The molecule has 394 valence electrons. The van der Waals surface area contributed by atoms with Gasteiger partial charge in [0.2, 0.25) is 47.3 Å². The molecule has 0 aliphatic carbocycles. The fourth-order valence-corrected chi connectivity index (χ4v) is 6.93. The highest BCUT2D eigenvalue weighted by Crippen LogP contribution is 2.12. The maximum Gasteiger partial charge on any atom is 0.326 e. The smallest absolute Gasteiger partial charge is 0.326 e. The zero-order valence-corrected chi connectivity index (χ0v) is 40.3. The van der Waals surface area contributed by atoms with Crippen molar-refractivity contribution in [2.75, 3.05) is 0 Å². The van der Waals surface area contributed by atoms with E-state index in [-0.39, 0.29) is 19.3 Å². The summed E-state index contributed by atoms with van der Waals surface area (Å²) >= 11 is 0. The van der Waals surface area contributed by atoms with Crippen LogP contribution in [0.3, 0.4) is 0 Å². The second-order valence-corrected chi connectivity index (χ2v) is 17.6. The Kier molecular flexibility index (Phi) is 25.0. The van der Waals surface area contributed by atoms with Crippen LogP contribution in [0.25, 0.3) is 0 Å². The van der Waals surface area contributed by atoms with E-state index in [1.54, 1.807) is 60.7 Å². The lowest BCUT2D eigenvalue weighted by atomic mass is 10.00. The monoisotopic (exact) mass is 1010 g/mol. The van der Waals surface area contributed by atoms with Gasteiger partial charge >= 0.3 is 23.9 Å². The van der Waals surface area contributed by atoms with Crippen LogP contribution < -0.4 is 48.7 Å². The van der Waals surface area contributed by atoms with Gasteiger partial charge in [-0.15, -0.1) is 0 Å². The van der Waals surface area contributed by atoms with Crippen molar-refractivity contribution in [1.82, 2.24) is 37.2 Å². The predicted octanol–water partition coefficient (Wildman–Crippen LogP) is -1.94. The maximum absolute atomic E-state index is 14.2. The van der Waals surface area contributed by atoms with Crippen LogP contribution in [0, 0.1) is 11.8 Å². The molecule has 0 saturated heterocycles. The number of amides is 8. The minimum Gasteiger partial charge on any atom is -0.481 e. The van der Waals surface area contributed by atoms with Crippen LogP contribution in [-0.4, -0.2) is 140 Å². The predicted molar refractivity (Wildman–Crippen MR) is 254 cm³/mol. The number of aliphatic carboxylic acids is 4. The van der Waals surface area contributed by atoms with Gasteiger partial charge in [-0.25, -0.2) is 4.79 Å². The quantitative estimate of drug-likeness (QED) is 0.0379. The van der Waals surface area contributed by atoms with E-state index in [2.05, 4.69) is 37.2 Å². The number of carboxylic acid groups (broad SMARTS) is 4. The fourth-order valence-electron chi connectivity index (χ4n) is 6.93. The van der Waals surface area contributed by atoms with Crippen molar-refractivity contribution in [2.24, 2.45) is 23.3 Å². The molecule has 0 fully saturated rings. The molecular weight excluding hydrogens is 947 g/mol. The molecule has 8 amide bonds. The van der Waals surface area contributed by atoms with Crippen molar-refractivity contribution in [3.05, 3.63) is 71.8 Å². The van der Waals surface area contributed by atoms with E-state index < -0.39 is 170 Å². The molecule has 0 aromatic heterocycles. The van der Waals surface area contributed by atoms with Gasteiger partial charge in [0.15, 0.2) is 0 Å². The second kappa shape index (κ2) is 29.9. The molecule has 0 bridgehead atoms. The minimum absolute atomic E-state index is 0.161. The highest BCUT2D eigenvalue weighted by Gasteiger charge is 2.36. The average molecular weight is 1010 g/mol. The highest BCUT2D eigenvalue weighted by molar-refractivity contribution is 5.99. The number of carboxylic acids is 4. The van der Waals surface area contributed by atoms with E-state index in [4.69, 9.17) is 16.6 Å². The van der Waals surface area contributed by atoms with E-state index in [9.17, 15) is 72.9 Å². The molecule has 2 rings (SSSR count). The third-order valence-electron chi connectivity index (χ3n) is 10.9. The third-order valence-corrected chi connectivity index (χ3v) is 10.9. The third kappa shape index (κ3) is 21.8. The topological polar surface area (TPSA) is 422 Å². The normalized spacial score (nSPS) is 14.3. The molecule has 0 unspecified atom stereocenters. The Labute approximate surface area is 414 Å². The number of nitrogens with one attached hydrogen (secondary N) is 7. The van der Waals surface area contributed by atoms with Gasteiger partial charge in [0.1, 0.15) is 42.3 Å². The lowest BCUT2D eigenvalue weighted by Gasteiger charge is -2.29. The SMILES string of the molecule is CC(C)[C@H](NC(=O)[C@H](CCC(=O)O)NC(=O)[C@H](Cc1ccccc1)NC(=O)[C@H](CC(N)=O)NC(=O)[C@@H](NC(=O)[C@@H](N)CCC(=O)O)C(C)C)C(=O)N[C@@H](CCC(=O)O)C(=O)N[C@@H](Cc1ccccc1)C(=O)O. The number of carbonyl (C=O) groups excluding carboxylic acids is 8. The molecule has 0 spiro atoms. The van der Waals surface area contributed by atoms with Gasteiger partial charge in [0.05, 0.1) is 12.5 Å². The van der Waals surface area contributed by atoms with Crippen LogP contribution in [0.2, 0.25) is 0 Å². The number of rotatable bonds is 32. The summed E-state index contributed by atoms with van der Waals surface area (Å²) in [7, 11) is 0. The lowest BCUT2D eigenvalue weighted by Crippen LogP contribution is -2.61. The van der Waals surface area contributed by atoms with Crippen molar-refractivity contribution >= 4 is 71.1 Å². The Morgan fingerprint density at radius 1 is 0.431 bits per heavy atom. The Morgan fingerprint density at radius 2 is 0.764 bits per heavy atom. The Hall–Kier alpha value is -7.96. The number of carbonyl (C=O) groups is 12. The molecule has 0 radical (unpaired) electrons. The molecule has 2 aromatic rings. The zero-order chi connectivity index (χ0) is 54.2. The Bertz CT molecular complexity index is 2250. The summed E-state index contributed by atoms with van der Waals surface area (Å²) in [5.74, 6) is -15.1. The molecule has 0 aliphatic rings. The zero-order valence-electron chi connectivity index (χ0n) is 40.3. The van der Waals surface area contributed by atoms with Crippen molar-refractivity contribution in [3.8, 4) is 0 Å². The summed E-state index contributed by atoms with van der Waals surface area (Å²) in [6.07, 6.45) is -4.39. The fraction of sp³-hybridized carbons (Fsp3) is 0.489. The van der Waals surface area contributed by atoms with Gasteiger partial charge < -0.3 is 69.1 Å². The van der Waals surface area contributed by atoms with Gasteiger partial charge in [-0.3, -0.25) is 52.7 Å². The molecule has 15 N–H and O–H groups in total. The average Bonchev–Trinajstić information content (AvgIpc) is 3.30. The summed E-state index contributed by atoms with van der Waals surface area (Å²) in [5.41, 5.74) is 12.2. The first-order valence-corrected chi connectivity index (χ1v) is 22.9. The first-order chi connectivity index (χ1) is 33.8. The maximum atomic E-state index is 14.2. The molecule has 8 atom stereocenters. The standard InChI is InChI=1S/C47H65N9O16/c1-24(2)38(55-40(64)28(48)15-18-35(58)59)46(70)53-32(23-34(49)57)44(68)52-31(21-26-11-7-5-8-12-26)43(67)50-30(17-20-37(62)63)42(66)56-39(25(3)4)45(69)51-29(16-19-36(60)61)41(65)54-33(47(71)72)22-27-13-9-6-10-14-27/h5-14,24-25,28-33,38-39H,15-23,48H2,1-4H3,(H2,49,57)(H,50,67)(H,51,69)(H,52,68)(H,53,70)(H,54,65)(H,55,64)(H,56,66)(H,58,59)(H,60,61)(H,62,63)(H,71,72)/t28-,29-,30-,31-,32-,33-,38-,39-/m0/s1. The van der Waals surface area contributed by atoms with E-state index in [0.717, 1.165) is 0 Å². The van der Waals surface area contributed by atoms with E-state index >= 15 is 0 Å². The Morgan fingerprint density at radius 3 is 1.18 bits per heavy atom. The number of benzene rings is 2. The van der Waals surface area contributed by atoms with Crippen molar-refractivity contribution in [3.63, 3.8) is 0 Å². The number of primary amides is 1. The first-order valence-electron chi connectivity index (χ1n) is 22.9. The Balaban J connectivity index is 2.43. The molecule has 25 heteroatoms. The summed E-state index contributed by atoms with van der Waals surface area (Å²) in [4.78, 5) is 154. The molecule has 0 saturated carbocycles. The van der Waals surface area contributed by atoms with Crippen LogP contribution in [0.4, 0.5) is 0 Å². The molecule has 25 nitrogen and oxygen atoms in total. The summed E-state index contributed by atoms with van der Waals surface area (Å²) < 4.78 is 0. The van der Waals surface area contributed by atoms with Gasteiger partial charge in [-0.05, 0) is 42.2 Å². The van der Waals surface area contributed by atoms with Crippen LogP contribution >= 0.6 is 0 Å². The second-order valence-electron chi connectivity index (χ2n) is 17.6. The molecule has 2 aromatic carbocycles. The largest absolute Gasteiger partial charge is 0.481 e. The summed E-state index contributed by atoms with van der Waals surface area (Å²) in [6.45, 7) is 6.05. The van der Waals surface area contributed by atoms with Crippen LogP contribution in [0.5, 0.6) is 0 Å². The van der Waals surface area contributed by atoms with Gasteiger partial charge in [-0.1, -0.05) is 88.4 Å². The van der Waals surface area contributed by atoms with Crippen LogP contribution in [0.15, 0.2) is 60.7 Å². The van der Waals surface area contributed by atoms with Crippen molar-refractivity contribution < 1.29 is 78.0 Å². The van der Waals surface area contributed by atoms with E-state index in [0.29, 0.717) is 11.1 Å². The highest BCUT2D eigenvalue weighted by atomic mass is 16.4. The number of nitrogens with two attached hydrogens (primary N) is 2. The van der Waals surface area contributed by atoms with Crippen LogP contribution in [-0.2, 0) is 70.4 Å². The van der Waals surface area contributed by atoms with Gasteiger partial charge in [0, 0.05) is 32.1 Å². The molecular formula is C47H65N9O16. The summed E-state index contributed by atoms with van der Waals surface area (Å²) in [6, 6.07) is 3.87. The minimum atomic E-state index is -1.77. The van der Waals surface area contributed by atoms with Crippen LogP contribution in [0.1, 0.15) is 83.8 Å². The lowest BCUT2D eigenvalue weighted by molar-refractivity contribution is -0.143. The first kappa shape index (κ1) is 60.2. The number of hydrogen-bond acceptors (Lipinski definition) is 13. The summed E-state index contributed by atoms with van der Waals surface area (Å²) in [5, 5.41) is 54.5. The molecule has 0 aliphatic heterocycles. The molecule has 0 heterocycles.